The minimum atomic E-state index is -3.74. The van der Waals surface area contributed by atoms with Crippen LogP contribution < -0.4 is 0 Å². The minimum Gasteiger partial charge on any atom is -0.449 e. The van der Waals surface area contributed by atoms with Crippen molar-refractivity contribution in [2.75, 3.05) is 14.1 Å². The van der Waals surface area contributed by atoms with Crippen molar-refractivity contribution in [2.24, 2.45) is 0 Å². The lowest BCUT2D eigenvalue weighted by atomic mass is 10.2. The van der Waals surface area contributed by atoms with Gasteiger partial charge in [0.2, 0.25) is 15.8 Å². The Labute approximate surface area is 172 Å². The molecule has 0 aliphatic carbocycles. The second-order valence-electron chi connectivity index (χ2n) is 6.17. The number of hydrogen-bond donors (Lipinski definition) is 0. The van der Waals surface area contributed by atoms with E-state index in [1.165, 1.54) is 32.3 Å². The van der Waals surface area contributed by atoms with Gasteiger partial charge in [-0.3, -0.25) is 4.98 Å². The van der Waals surface area contributed by atoms with Crippen molar-refractivity contribution in [3.8, 4) is 11.4 Å². The maximum absolute atomic E-state index is 12.6. The van der Waals surface area contributed by atoms with E-state index >= 15 is 0 Å². The second kappa shape index (κ2) is 8.27. The van der Waals surface area contributed by atoms with E-state index in [-0.39, 0.29) is 21.4 Å². The molecule has 0 radical (unpaired) electrons. The molecule has 2 heterocycles. The van der Waals surface area contributed by atoms with Gasteiger partial charge in [0.25, 0.3) is 5.89 Å². The fraction of sp³-hybridized carbons (Fsp3) is 0.222. The molecular formula is C18H17ClN4O5S. The summed E-state index contributed by atoms with van der Waals surface area (Å²) in [5.41, 5.74) is 0.555. The van der Waals surface area contributed by atoms with Crippen LogP contribution in [0.3, 0.4) is 0 Å². The number of carbonyl (C=O) groups excluding carboxylic acids is 1. The predicted molar refractivity (Wildman–Crippen MR) is 104 cm³/mol. The molecule has 9 nitrogen and oxygen atoms in total. The van der Waals surface area contributed by atoms with Gasteiger partial charge in [0.05, 0.1) is 15.5 Å². The van der Waals surface area contributed by atoms with Crippen molar-refractivity contribution in [3.63, 3.8) is 0 Å². The van der Waals surface area contributed by atoms with Crippen molar-refractivity contribution >= 4 is 27.6 Å². The molecule has 0 aliphatic heterocycles. The fourth-order valence-electron chi connectivity index (χ4n) is 2.32. The van der Waals surface area contributed by atoms with Crippen LogP contribution in [0.2, 0.25) is 5.02 Å². The highest BCUT2D eigenvalue weighted by atomic mass is 35.5. The van der Waals surface area contributed by atoms with Gasteiger partial charge in [-0.15, -0.1) is 0 Å². The molecule has 0 spiro atoms. The van der Waals surface area contributed by atoms with Gasteiger partial charge in [-0.1, -0.05) is 16.8 Å². The summed E-state index contributed by atoms with van der Waals surface area (Å²) in [7, 11) is -0.961. The molecule has 3 rings (SSSR count). The average molecular weight is 437 g/mol. The molecular weight excluding hydrogens is 420 g/mol. The molecule has 0 bridgehead atoms. The third kappa shape index (κ3) is 4.44. The average Bonchev–Trinajstić information content (AvgIpc) is 3.19. The lowest BCUT2D eigenvalue weighted by Crippen LogP contribution is -2.22. The molecule has 11 heteroatoms. The summed E-state index contributed by atoms with van der Waals surface area (Å²) < 4.78 is 36.1. The van der Waals surface area contributed by atoms with Crippen LogP contribution >= 0.6 is 11.6 Å². The van der Waals surface area contributed by atoms with Gasteiger partial charge in [-0.05, 0) is 37.3 Å². The Morgan fingerprint density at radius 1 is 1.28 bits per heavy atom. The second-order valence-corrected chi connectivity index (χ2v) is 8.73. The van der Waals surface area contributed by atoms with Crippen LogP contribution in [-0.4, -0.2) is 47.9 Å². The largest absolute Gasteiger partial charge is 0.449 e. The normalized spacial score (nSPS) is 12.7. The number of esters is 1. The van der Waals surface area contributed by atoms with E-state index in [2.05, 4.69) is 15.1 Å². The van der Waals surface area contributed by atoms with Gasteiger partial charge < -0.3 is 9.26 Å². The molecule has 0 fully saturated rings. The number of nitrogens with zero attached hydrogens (tertiary/aromatic N) is 4. The Morgan fingerprint density at radius 2 is 2.03 bits per heavy atom. The Bertz CT molecular complexity index is 1130. The monoisotopic (exact) mass is 436 g/mol. The Balaban J connectivity index is 1.81. The van der Waals surface area contributed by atoms with E-state index in [0.717, 1.165) is 4.31 Å². The maximum atomic E-state index is 12.6. The Hall–Kier alpha value is -2.82. The molecule has 0 aliphatic rings. The SMILES string of the molecule is C[C@H](OC(=O)c1cc(S(=O)(=O)N(C)C)ccc1Cl)c1nc(-c2cccnc2)no1. The number of benzene rings is 1. The molecule has 1 aromatic carbocycles. The quantitative estimate of drug-likeness (QED) is 0.541. The van der Waals surface area contributed by atoms with Crippen LogP contribution in [0, 0.1) is 0 Å². The molecule has 0 saturated carbocycles. The summed E-state index contributed by atoms with van der Waals surface area (Å²) in [5, 5.41) is 3.90. The van der Waals surface area contributed by atoms with Crippen molar-refractivity contribution in [1.29, 1.82) is 0 Å². The number of sulfonamides is 1. The van der Waals surface area contributed by atoms with Crippen molar-refractivity contribution in [3.05, 3.63) is 59.2 Å². The molecule has 1 atom stereocenters. The van der Waals surface area contributed by atoms with Gasteiger partial charge in [-0.25, -0.2) is 17.5 Å². The zero-order valence-electron chi connectivity index (χ0n) is 15.7. The van der Waals surface area contributed by atoms with Gasteiger partial charge >= 0.3 is 5.97 Å². The summed E-state index contributed by atoms with van der Waals surface area (Å²) in [4.78, 5) is 20.7. The first kappa shape index (κ1) is 20.9. The Morgan fingerprint density at radius 3 is 2.69 bits per heavy atom. The standard InChI is InChI=1S/C18H17ClN4O5S/c1-11(17-21-16(22-28-17)12-5-4-8-20-10-12)27-18(24)14-9-13(6-7-15(14)19)29(25,26)23(2)3/h4-11H,1-3H3/t11-/m0/s1. The number of hydrogen-bond acceptors (Lipinski definition) is 8. The van der Waals surface area contributed by atoms with Crippen LogP contribution in [0.15, 0.2) is 52.1 Å². The van der Waals surface area contributed by atoms with Crippen LogP contribution in [0.4, 0.5) is 0 Å². The predicted octanol–water partition coefficient (Wildman–Crippen LogP) is 2.95. The summed E-state index contributed by atoms with van der Waals surface area (Å²) in [5.74, 6) is -0.446. The molecule has 3 aromatic rings. The summed E-state index contributed by atoms with van der Waals surface area (Å²) in [6.45, 7) is 1.55. The number of aromatic nitrogens is 3. The smallest absolute Gasteiger partial charge is 0.340 e. The van der Waals surface area contributed by atoms with Crippen LogP contribution in [-0.2, 0) is 14.8 Å². The first-order chi connectivity index (χ1) is 13.7. The zero-order valence-corrected chi connectivity index (χ0v) is 17.3. The maximum Gasteiger partial charge on any atom is 0.340 e. The Kier molecular flexibility index (Phi) is 5.96. The minimum absolute atomic E-state index is 0.0569. The summed E-state index contributed by atoms with van der Waals surface area (Å²) >= 11 is 6.07. The van der Waals surface area contributed by atoms with E-state index in [4.69, 9.17) is 20.9 Å². The molecule has 0 amide bonds. The first-order valence-electron chi connectivity index (χ1n) is 8.37. The van der Waals surface area contributed by atoms with Gasteiger partial charge in [-0.2, -0.15) is 4.98 Å². The molecule has 152 valence electrons. The van der Waals surface area contributed by atoms with Crippen molar-refractivity contribution < 1.29 is 22.5 Å². The van der Waals surface area contributed by atoms with Crippen LogP contribution in [0.1, 0.15) is 29.3 Å². The van der Waals surface area contributed by atoms with E-state index in [1.807, 2.05) is 0 Å². The highest BCUT2D eigenvalue weighted by Crippen LogP contribution is 2.26. The number of ether oxygens (including phenoxy) is 1. The topological polar surface area (TPSA) is 115 Å². The fourth-order valence-corrected chi connectivity index (χ4v) is 3.44. The van der Waals surface area contributed by atoms with Gasteiger partial charge in [0, 0.05) is 32.1 Å². The van der Waals surface area contributed by atoms with E-state index in [9.17, 15) is 13.2 Å². The van der Waals surface area contributed by atoms with Crippen molar-refractivity contribution in [1.82, 2.24) is 19.4 Å². The van der Waals surface area contributed by atoms with E-state index in [0.29, 0.717) is 11.4 Å². The number of halogens is 1. The molecule has 0 N–H and O–H groups in total. The lowest BCUT2D eigenvalue weighted by molar-refractivity contribution is 0.0265. The van der Waals surface area contributed by atoms with E-state index in [1.54, 1.807) is 31.5 Å². The van der Waals surface area contributed by atoms with Crippen LogP contribution in [0.25, 0.3) is 11.4 Å². The molecule has 29 heavy (non-hydrogen) atoms. The number of rotatable bonds is 6. The molecule has 2 aromatic heterocycles. The lowest BCUT2D eigenvalue weighted by Gasteiger charge is -2.14. The summed E-state index contributed by atoms with van der Waals surface area (Å²) in [6.07, 6.45) is 2.30. The molecule has 0 unspecified atom stereocenters. The number of carbonyl (C=O) groups is 1. The zero-order chi connectivity index (χ0) is 21.2. The highest BCUT2D eigenvalue weighted by Gasteiger charge is 2.24. The van der Waals surface area contributed by atoms with Crippen molar-refractivity contribution in [2.45, 2.75) is 17.9 Å². The third-order valence-corrected chi connectivity index (χ3v) is 6.07. The van der Waals surface area contributed by atoms with Gasteiger partial charge in [0.15, 0.2) is 6.10 Å². The van der Waals surface area contributed by atoms with Crippen LogP contribution in [0.5, 0.6) is 0 Å². The van der Waals surface area contributed by atoms with E-state index < -0.39 is 22.1 Å². The highest BCUT2D eigenvalue weighted by molar-refractivity contribution is 7.89. The third-order valence-electron chi connectivity index (χ3n) is 3.93. The molecule has 0 saturated heterocycles. The first-order valence-corrected chi connectivity index (χ1v) is 10.2. The summed E-state index contributed by atoms with van der Waals surface area (Å²) in [6, 6.07) is 7.30. The number of pyridine rings is 1. The van der Waals surface area contributed by atoms with Gasteiger partial charge in [0.1, 0.15) is 0 Å².